The van der Waals surface area contributed by atoms with Gasteiger partial charge in [-0.15, -0.1) is 0 Å². The van der Waals surface area contributed by atoms with Gasteiger partial charge in [0.05, 0.1) is 11.2 Å². The van der Waals surface area contributed by atoms with E-state index >= 15 is 0 Å². The van der Waals surface area contributed by atoms with Crippen molar-refractivity contribution in [1.29, 1.82) is 0 Å². The van der Waals surface area contributed by atoms with Crippen molar-refractivity contribution in [2.75, 3.05) is 0 Å². The number of para-hydroxylation sites is 1. The van der Waals surface area contributed by atoms with E-state index in [9.17, 15) is 9.59 Å². The molecule has 84 valence electrons. The van der Waals surface area contributed by atoms with Gasteiger partial charge < -0.3 is 4.42 Å². The number of fused-ring (bicyclic) bond motifs is 1. The molecule has 0 spiro atoms. The number of imide groups is 1. The van der Waals surface area contributed by atoms with Gasteiger partial charge in [-0.3, -0.25) is 14.9 Å². The van der Waals surface area contributed by atoms with Crippen LogP contribution in [0.5, 0.6) is 0 Å². The third-order valence-corrected chi connectivity index (χ3v) is 3.25. The molecule has 0 atom stereocenters. The first-order valence-electron chi connectivity index (χ1n) is 4.95. The number of carbonyl (C=O) groups is 2. The fourth-order valence-electron chi connectivity index (χ4n) is 1.69. The maximum atomic E-state index is 11.4. The molecule has 0 bridgehead atoms. The highest BCUT2D eigenvalue weighted by atomic mass is 32.2. The van der Waals surface area contributed by atoms with E-state index in [0.717, 1.165) is 22.7 Å². The maximum absolute atomic E-state index is 11.4. The number of amides is 2. The predicted molar refractivity (Wildman–Crippen MR) is 65.3 cm³/mol. The largest absolute Gasteiger partial charge is 0.464 e. The van der Waals surface area contributed by atoms with Crippen molar-refractivity contribution in [2.45, 2.75) is 0 Å². The quantitative estimate of drug-likeness (QED) is 0.785. The van der Waals surface area contributed by atoms with Crippen LogP contribution in [0.4, 0.5) is 4.79 Å². The number of furan rings is 1. The van der Waals surface area contributed by atoms with Crippen LogP contribution in [-0.2, 0) is 4.79 Å². The SMILES string of the molecule is O=C1NC(=O)/C(=C/c2cccc3ccoc23)S1. The van der Waals surface area contributed by atoms with Crippen LogP contribution in [-0.4, -0.2) is 11.1 Å². The van der Waals surface area contributed by atoms with Crippen molar-refractivity contribution in [3.63, 3.8) is 0 Å². The fraction of sp³-hybridized carbons (Fsp3) is 0. The van der Waals surface area contributed by atoms with E-state index in [4.69, 9.17) is 4.42 Å². The topological polar surface area (TPSA) is 59.3 Å². The second-order valence-electron chi connectivity index (χ2n) is 3.54. The van der Waals surface area contributed by atoms with Crippen LogP contribution in [0.25, 0.3) is 17.0 Å². The first kappa shape index (κ1) is 10.2. The molecule has 4 nitrogen and oxygen atoms in total. The zero-order valence-electron chi connectivity index (χ0n) is 8.60. The van der Waals surface area contributed by atoms with Crippen molar-refractivity contribution in [1.82, 2.24) is 5.32 Å². The molecule has 0 saturated carbocycles. The Kier molecular flexibility index (Phi) is 2.26. The third kappa shape index (κ3) is 1.74. The Hall–Kier alpha value is -2.01. The summed E-state index contributed by atoms with van der Waals surface area (Å²) in [5.41, 5.74) is 1.51. The fourth-order valence-corrected chi connectivity index (χ4v) is 2.37. The second kappa shape index (κ2) is 3.78. The van der Waals surface area contributed by atoms with Gasteiger partial charge in [0.25, 0.3) is 11.1 Å². The highest BCUT2D eigenvalue weighted by Gasteiger charge is 2.25. The molecule has 5 heteroatoms. The monoisotopic (exact) mass is 245 g/mol. The Balaban J connectivity index is 2.11. The molecular weight excluding hydrogens is 238 g/mol. The predicted octanol–water partition coefficient (Wildman–Crippen LogP) is 2.76. The summed E-state index contributed by atoms with van der Waals surface area (Å²) >= 11 is 0.900. The van der Waals surface area contributed by atoms with E-state index in [0.29, 0.717) is 10.5 Å². The zero-order valence-corrected chi connectivity index (χ0v) is 9.41. The van der Waals surface area contributed by atoms with E-state index in [-0.39, 0.29) is 11.1 Å². The molecule has 17 heavy (non-hydrogen) atoms. The zero-order chi connectivity index (χ0) is 11.8. The average molecular weight is 245 g/mol. The lowest BCUT2D eigenvalue weighted by atomic mass is 10.1. The molecule has 1 aliphatic heterocycles. The summed E-state index contributed by atoms with van der Waals surface area (Å²) in [5.74, 6) is -0.358. The summed E-state index contributed by atoms with van der Waals surface area (Å²) in [5, 5.41) is 2.84. The van der Waals surface area contributed by atoms with Crippen molar-refractivity contribution < 1.29 is 14.0 Å². The van der Waals surface area contributed by atoms with Gasteiger partial charge in [-0.05, 0) is 23.9 Å². The van der Waals surface area contributed by atoms with E-state index in [1.54, 1.807) is 12.3 Å². The number of thioether (sulfide) groups is 1. The van der Waals surface area contributed by atoms with Crippen LogP contribution in [0.2, 0.25) is 0 Å². The summed E-state index contributed by atoms with van der Waals surface area (Å²) in [6, 6.07) is 7.50. The number of hydrogen-bond donors (Lipinski definition) is 1. The van der Waals surface area contributed by atoms with Crippen LogP contribution >= 0.6 is 11.8 Å². The summed E-state index contributed by atoms with van der Waals surface area (Å²) < 4.78 is 5.35. The van der Waals surface area contributed by atoms with Crippen molar-refractivity contribution in [3.8, 4) is 0 Å². The van der Waals surface area contributed by atoms with Gasteiger partial charge in [0.15, 0.2) is 0 Å². The molecule has 1 saturated heterocycles. The van der Waals surface area contributed by atoms with E-state index in [1.807, 2.05) is 24.3 Å². The van der Waals surface area contributed by atoms with Crippen LogP contribution < -0.4 is 5.32 Å². The van der Waals surface area contributed by atoms with Crippen LogP contribution in [0, 0.1) is 0 Å². The summed E-state index contributed by atoms with van der Waals surface area (Å²) in [6.45, 7) is 0. The molecule has 2 amide bonds. The van der Waals surface area contributed by atoms with Gasteiger partial charge in [-0.25, -0.2) is 0 Å². The summed E-state index contributed by atoms with van der Waals surface area (Å²) in [4.78, 5) is 22.8. The van der Waals surface area contributed by atoms with Gasteiger partial charge in [-0.2, -0.15) is 0 Å². The minimum atomic E-state index is -0.358. The van der Waals surface area contributed by atoms with Gasteiger partial charge in [0.2, 0.25) is 0 Å². The average Bonchev–Trinajstić information content (AvgIpc) is 2.87. The van der Waals surface area contributed by atoms with Crippen molar-refractivity contribution >= 4 is 40.0 Å². The lowest BCUT2D eigenvalue weighted by molar-refractivity contribution is -0.115. The molecule has 0 aliphatic carbocycles. The lowest BCUT2D eigenvalue weighted by Gasteiger charge is -1.96. The lowest BCUT2D eigenvalue weighted by Crippen LogP contribution is -2.17. The Morgan fingerprint density at radius 3 is 2.88 bits per heavy atom. The second-order valence-corrected chi connectivity index (χ2v) is 4.55. The third-order valence-electron chi connectivity index (χ3n) is 2.44. The number of hydrogen-bond acceptors (Lipinski definition) is 4. The molecule has 0 unspecified atom stereocenters. The minimum Gasteiger partial charge on any atom is -0.464 e. The molecule has 2 aromatic rings. The molecule has 2 heterocycles. The normalized spacial score (nSPS) is 18.0. The Labute approximate surface area is 101 Å². The summed E-state index contributed by atoms with van der Waals surface area (Å²) in [6.07, 6.45) is 3.26. The first-order valence-corrected chi connectivity index (χ1v) is 5.77. The number of benzene rings is 1. The van der Waals surface area contributed by atoms with Crippen molar-refractivity contribution in [3.05, 3.63) is 41.0 Å². The first-order chi connectivity index (χ1) is 8.24. The molecule has 1 N–H and O–H groups in total. The van der Waals surface area contributed by atoms with Gasteiger partial charge in [0, 0.05) is 10.9 Å². The van der Waals surface area contributed by atoms with E-state index in [1.165, 1.54) is 0 Å². The molecule has 3 rings (SSSR count). The Morgan fingerprint density at radius 1 is 1.24 bits per heavy atom. The van der Waals surface area contributed by atoms with Crippen LogP contribution in [0.15, 0.2) is 39.9 Å². The van der Waals surface area contributed by atoms with Gasteiger partial charge >= 0.3 is 0 Å². The number of nitrogens with one attached hydrogen (secondary N) is 1. The van der Waals surface area contributed by atoms with Gasteiger partial charge in [0.1, 0.15) is 5.58 Å². The van der Waals surface area contributed by atoms with E-state index < -0.39 is 0 Å². The molecule has 1 aromatic heterocycles. The Morgan fingerprint density at radius 2 is 2.12 bits per heavy atom. The van der Waals surface area contributed by atoms with Gasteiger partial charge in [-0.1, -0.05) is 18.2 Å². The van der Waals surface area contributed by atoms with E-state index in [2.05, 4.69) is 5.32 Å². The standard InChI is InChI=1S/C12H7NO3S/c14-11-9(17-12(15)13-11)6-8-3-1-2-7-4-5-16-10(7)8/h1-6H,(H,13,14,15)/b9-6-. The highest BCUT2D eigenvalue weighted by molar-refractivity contribution is 8.18. The molecule has 1 aromatic carbocycles. The van der Waals surface area contributed by atoms with Crippen LogP contribution in [0.1, 0.15) is 5.56 Å². The highest BCUT2D eigenvalue weighted by Crippen LogP contribution is 2.28. The maximum Gasteiger partial charge on any atom is 0.290 e. The van der Waals surface area contributed by atoms with Crippen LogP contribution in [0.3, 0.4) is 0 Å². The minimum absolute atomic E-state index is 0.340. The summed E-state index contributed by atoms with van der Waals surface area (Å²) in [7, 11) is 0. The number of rotatable bonds is 1. The smallest absolute Gasteiger partial charge is 0.290 e. The Bertz CT molecular complexity index is 657. The molecular formula is C12H7NO3S. The molecule has 1 aliphatic rings. The van der Waals surface area contributed by atoms with Crippen molar-refractivity contribution in [2.24, 2.45) is 0 Å². The molecule has 1 fully saturated rings. The number of carbonyl (C=O) groups excluding carboxylic acids is 2. The molecule has 0 radical (unpaired) electrons.